The lowest BCUT2D eigenvalue weighted by atomic mass is 10.1. The van der Waals surface area contributed by atoms with E-state index in [1.807, 2.05) is 0 Å². The quantitative estimate of drug-likeness (QED) is 0.521. The Hall–Kier alpha value is -3.21. The lowest BCUT2D eigenvalue weighted by Gasteiger charge is -2.15. The number of rotatable bonds is 7. The second kappa shape index (κ2) is 9.29. The van der Waals surface area contributed by atoms with Crippen LogP contribution >= 0.6 is 11.8 Å². The maximum Gasteiger partial charge on any atom is 0.418 e. The molecule has 3 aromatic rings. The average molecular weight is 453 g/mol. The zero-order valence-corrected chi connectivity index (χ0v) is 17.3. The number of nitrogens with one attached hydrogen (secondary N) is 2. The third-order valence-electron chi connectivity index (χ3n) is 4.26. The monoisotopic (exact) mass is 453 g/mol. The Morgan fingerprint density at radius 2 is 1.94 bits per heavy atom. The van der Waals surface area contributed by atoms with Gasteiger partial charge in [0.25, 0.3) is 5.91 Å². The number of amides is 2. The molecule has 2 heterocycles. The molecule has 0 radical (unpaired) electrons. The van der Waals surface area contributed by atoms with Crippen LogP contribution in [0.5, 0.6) is 0 Å². The third kappa shape index (κ3) is 5.69. The second-order valence-corrected chi connectivity index (χ2v) is 7.52. The van der Waals surface area contributed by atoms with Crippen LogP contribution in [-0.4, -0.2) is 22.7 Å². The fourth-order valence-corrected chi connectivity index (χ4v) is 3.68. The number of carbonyl (C=O) groups excluding carboxylic acids is 2. The maximum absolute atomic E-state index is 13.5. The van der Waals surface area contributed by atoms with Gasteiger partial charge in [0.1, 0.15) is 5.76 Å². The largest absolute Gasteiger partial charge is 0.459 e. The van der Waals surface area contributed by atoms with E-state index in [2.05, 4.69) is 15.8 Å². The first-order chi connectivity index (χ1) is 14.6. The smallest absolute Gasteiger partial charge is 0.418 e. The summed E-state index contributed by atoms with van der Waals surface area (Å²) in [5.41, 5.74) is 0.00199. The number of benzene rings is 1. The molecular weight excluding hydrogens is 435 g/mol. The van der Waals surface area contributed by atoms with Crippen molar-refractivity contribution in [3.05, 3.63) is 64.9 Å². The predicted molar refractivity (Wildman–Crippen MR) is 109 cm³/mol. The van der Waals surface area contributed by atoms with E-state index in [0.29, 0.717) is 17.2 Å². The van der Waals surface area contributed by atoms with Gasteiger partial charge in [-0.3, -0.25) is 9.59 Å². The van der Waals surface area contributed by atoms with E-state index >= 15 is 0 Å². The van der Waals surface area contributed by atoms with Crippen LogP contribution in [0.4, 0.5) is 24.5 Å². The molecule has 0 unspecified atom stereocenters. The van der Waals surface area contributed by atoms with Crippen LogP contribution in [0.25, 0.3) is 0 Å². The number of aryl methyl sites for hydroxylation is 2. The summed E-state index contributed by atoms with van der Waals surface area (Å²) < 4.78 is 50.5. The van der Waals surface area contributed by atoms with Crippen molar-refractivity contribution in [2.24, 2.45) is 0 Å². The Balaban J connectivity index is 1.66. The molecule has 0 saturated carbocycles. The van der Waals surface area contributed by atoms with Crippen molar-refractivity contribution >= 4 is 35.0 Å². The molecule has 0 fully saturated rings. The lowest BCUT2D eigenvalue weighted by Crippen LogP contribution is -2.19. The zero-order chi connectivity index (χ0) is 22.6. The molecule has 3 rings (SSSR count). The van der Waals surface area contributed by atoms with Crippen molar-refractivity contribution in [2.45, 2.75) is 25.8 Å². The summed E-state index contributed by atoms with van der Waals surface area (Å²) in [6.07, 6.45) is -3.46. The topological polar surface area (TPSA) is 97.4 Å². The van der Waals surface area contributed by atoms with Crippen molar-refractivity contribution in [2.75, 3.05) is 16.4 Å². The van der Waals surface area contributed by atoms with E-state index in [-0.39, 0.29) is 17.2 Å². The van der Waals surface area contributed by atoms with Gasteiger partial charge in [-0.2, -0.15) is 13.2 Å². The average Bonchev–Trinajstić information content (AvgIpc) is 3.34. The standard InChI is InChI=1S/C20H18F3N3O4S/c1-11-14(12(2)30-26-11)9-31-10-18(27)25-16-6-5-13(8-15(16)20(21,22)23)24-19(28)17-4-3-7-29-17/h3-8H,9-10H2,1-2H3,(H,24,28)(H,25,27). The van der Waals surface area contributed by atoms with Gasteiger partial charge in [0.05, 0.1) is 29.0 Å². The summed E-state index contributed by atoms with van der Waals surface area (Å²) in [7, 11) is 0. The van der Waals surface area contributed by atoms with Crippen molar-refractivity contribution in [3.63, 3.8) is 0 Å². The molecule has 2 aromatic heterocycles. The zero-order valence-electron chi connectivity index (χ0n) is 16.5. The molecule has 0 bridgehead atoms. The third-order valence-corrected chi connectivity index (χ3v) is 5.22. The number of aromatic nitrogens is 1. The fourth-order valence-electron chi connectivity index (χ4n) is 2.71. The number of hydrogen-bond donors (Lipinski definition) is 2. The van der Waals surface area contributed by atoms with Crippen molar-refractivity contribution in [1.82, 2.24) is 5.16 Å². The van der Waals surface area contributed by atoms with Crippen LogP contribution < -0.4 is 10.6 Å². The predicted octanol–water partition coefficient (Wildman–Crippen LogP) is 5.03. The first kappa shape index (κ1) is 22.5. The molecular formula is C20H18F3N3O4S. The summed E-state index contributed by atoms with van der Waals surface area (Å²) in [6, 6.07) is 5.99. The second-order valence-electron chi connectivity index (χ2n) is 6.53. The molecule has 0 aliphatic rings. The van der Waals surface area contributed by atoms with Crippen LogP contribution in [-0.2, 0) is 16.7 Å². The van der Waals surface area contributed by atoms with E-state index in [1.165, 1.54) is 36.2 Å². The highest BCUT2D eigenvalue weighted by atomic mass is 32.2. The molecule has 0 saturated heterocycles. The van der Waals surface area contributed by atoms with Crippen LogP contribution in [0.1, 0.15) is 33.1 Å². The summed E-state index contributed by atoms with van der Waals surface area (Å²) in [6.45, 7) is 3.52. The number of nitrogens with zero attached hydrogens (tertiary/aromatic N) is 1. The van der Waals surface area contributed by atoms with Gasteiger partial charge in [-0.1, -0.05) is 5.16 Å². The molecule has 1 aromatic carbocycles. The van der Waals surface area contributed by atoms with Crippen LogP contribution in [0.3, 0.4) is 0 Å². The molecule has 0 spiro atoms. The molecule has 164 valence electrons. The van der Waals surface area contributed by atoms with E-state index in [0.717, 1.165) is 17.7 Å². The molecule has 0 atom stereocenters. The van der Waals surface area contributed by atoms with Crippen molar-refractivity contribution < 1.29 is 31.7 Å². The Labute approximate surface area is 179 Å². The Kier molecular flexibility index (Phi) is 6.74. The Bertz CT molecular complexity index is 1060. The van der Waals surface area contributed by atoms with Gasteiger partial charge in [0.2, 0.25) is 5.91 Å². The highest BCUT2D eigenvalue weighted by Crippen LogP contribution is 2.37. The van der Waals surface area contributed by atoms with Crippen molar-refractivity contribution in [3.8, 4) is 0 Å². The van der Waals surface area contributed by atoms with Crippen LogP contribution in [0.2, 0.25) is 0 Å². The number of carbonyl (C=O) groups is 2. The number of furan rings is 1. The fraction of sp³-hybridized carbons (Fsp3) is 0.250. The van der Waals surface area contributed by atoms with Gasteiger partial charge in [-0.25, -0.2) is 0 Å². The molecule has 2 amide bonds. The minimum atomic E-state index is -4.74. The number of halogens is 3. The normalized spacial score (nSPS) is 11.4. The van der Waals surface area contributed by atoms with E-state index < -0.39 is 29.2 Å². The SMILES string of the molecule is Cc1noc(C)c1CSCC(=O)Nc1ccc(NC(=O)c2ccco2)cc1C(F)(F)F. The number of hydrogen-bond acceptors (Lipinski definition) is 6. The van der Waals surface area contributed by atoms with E-state index in [9.17, 15) is 22.8 Å². The molecule has 0 aliphatic carbocycles. The maximum atomic E-state index is 13.5. The highest BCUT2D eigenvalue weighted by molar-refractivity contribution is 7.99. The molecule has 11 heteroatoms. The first-order valence-electron chi connectivity index (χ1n) is 9.00. The Morgan fingerprint density at radius 3 is 2.55 bits per heavy atom. The Morgan fingerprint density at radius 1 is 1.16 bits per heavy atom. The van der Waals surface area contributed by atoms with Crippen LogP contribution in [0, 0.1) is 13.8 Å². The van der Waals surface area contributed by atoms with Gasteiger partial charge in [-0.15, -0.1) is 11.8 Å². The number of anilines is 2. The summed E-state index contributed by atoms with van der Waals surface area (Å²) in [5, 5.41) is 8.43. The molecule has 31 heavy (non-hydrogen) atoms. The molecule has 2 N–H and O–H groups in total. The summed E-state index contributed by atoms with van der Waals surface area (Å²) in [5.74, 6) is -0.296. The minimum Gasteiger partial charge on any atom is -0.459 e. The van der Waals surface area contributed by atoms with Gasteiger partial charge in [0, 0.05) is 17.0 Å². The van der Waals surface area contributed by atoms with Gasteiger partial charge in [-0.05, 0) is 44.2 Å². The highest BCUT2D eigenvalue weighted by Gasteiger charge is 2.34. The summed E-state index contributed by atoms with van der Waals surface area (Å²) >= 11 is 1.23. The van der Waals surface area contributed by atoms with E-state index in [4.69, 9.17) is 8.94 Å². The van der Waals surface area contributed by atoms with Crippen molar-refractivity contribution in [1.29, 1.82) is 0 Å². The number of thioether (sulfide) groups is 1. The molecule has 7 nitrogen and oxygen atoms in total. The first-order valence-corrected chi connectivity index (χ1v) is 10.2. The van der Waals surface area contributed by atoms with Gasteiger partial charge >= 0.3 is 6.18 Å². The number of alkyl halides is 3. The summed E-state index contributed by atoms with van der Waals surface area (Å²) in [4.78, 5) is 24.2. The minimum absolute atomic E-state index is 0.0405. The molecule has 0 aliphatic heterocycles. The van der Waals surface area contributed by atoms with E-state index in [1.54, 1.807) is 13.8 Å². The lowest BCUT2D eigenvalue weighted by molar-refractivity contribution is -0.136. The van der Waals surface area contributed by atoms with Gasteiger partial charge < -0.3 is 19.6 Å². The van der Waals surface area contributed by atoms with Gasteiger partial charge in [0.15, 0.2) is 5.76 Å². The van der Waals surface area contributed by atoms with Crippen LogP contribution in [0.15, 0.2) is 45.5 Å².